The second kappa shape index (κ2) is 8.10. The molecule has 0 saturated heterocycles. The van der Waals surface area contributed by atoms with E-state index in [1.165, 1.54) is 25.7 Å². The van der Waals surface area contributed by atoms with Gasteiger partial charge in [0, 0.05) is 12.8 Å². The fourth-order valence-corrected chi connectivity index (χ4v) is 8.35. The Morgan fingerprint density at radius 1 is 1.10 bits per heavy atom. The summed E-state index contributed by atoms with van der Waals surface area (Å²) in [5, 5.41) is 9.16. The molecule has 0 bridgehead atoms. The molecule has 8 atom stereocenters. The van der Waals surface area contributed by atoms with Crippen molar-refractivity contribution in [2.24, 2.45) is 46.3 Å². The summed E-state index contributed by atoms with van der Waals surface area (Å²) in [6.07, 6.45) is 14.7. The first kappa shape index (κ1) is 22.1. The molecule has 0 aliphatic heterocycles. The Kier molecular flexibility index (Phi) is 5.96. The first-order chi connectivity index (χ1) is 14.2. The molecule has 3 nitrogen and oxygen atoms in total. The summed E-state index contributed by atoms with van der Waals surface area (Å²) in [4.78, 5) is 23.2. The summed E-state index contributed by atoms with van der Waals surface area (Å²) in [7, 11) is 0. The van der Waals surface area contributed by atoms with Crippen LogP contribution >= 0.6 is 0 Å². The summed E-state index contributed by atoms with van der Waals surface area (Å²) < 4.78 is 0. The van der Waals surface area contributed by atoms with E-state index in [2.05, 4.69) is 26.8 Å². The van der Waals surface area contributed by atoms with Crippen molar-refractivity contribution in [3.05, 3.63) is 11.6 Å². The molecule has 1 N–H and O–H groups in total. The molecule has 0 spiro atoms. The first-order valence-electron chi connectivity index (χ1n) is 12.6. The van der Waals surface area contributed by atoms with Gasteiger partial charge in [-0.25, -0.2) is 0 Å². The van der Waals surface area contributed by atoms with Crippen LogP contribution in [0.15, 0.2) is 11.6 Å². The Labute approximate surface area is 183 Å². The van der Waals surface area contributed by atoms with Crippen LogP contribution < -0.4 is 0 Å². The summed E-state index contributed by atoms with van der Waals surface area (Å²) in [6.45, 7) is 9.34. The quantitative estimate of drug-likeness (QED) is 0.494. The van der Waals surface area contributed by atoms with Crippen LogP contribution in [-0.2, 0) is 9.59 Å². The summed E-state index contributed by atoms with van der Waals surface area (Å²) in [5.74, 6) is 3.06. The molecular formula is C27H42O3. The molecule has 3 fully saturated rings. The molecule has 0 aromatic heterocycles. The van der Waals surface area contributed by atoms with Crippen LogP contribution in [0.25, 0.3) is 0 Å². The molecule has 3 heteroatoms. The molecule has 2 unspecified atom stereocenters. The van der Waals surface area contributed by atoms with Gasteiger partial charge in [0.05, 0.1) is 5.92 Å². The highest BCUT2D eigenvalue weighted by atomic mass is 16.4. The minimum atomic E-state index is -0.658. The maximum Gasteiger partial charge on any atom is 0.306 e. The van der Waals surface area contributed by atoms with Crippen LogP contribution in [0.2, 0.25) is 0 Å². The van der Waals surface area contributed by atoms with Crippen LogP contribution in [0.5, 0.6) is 0 Å². The minimum Gasteiger partial charge on any atom is -0.481 e. The molecule has 0 radical (unpaired) electrons. The maximum atomic E-state index is 12.1. The number of allylic oxidation sites excluding steroid dienone is 2. The lowest BCUT2D eigenvalue weighted by atomic mass is 9.47. The summed E-state index contributed by atoms with van der Waals surface area (Å²) >= 11 is 0. The third-order valence-electron chi connectivity index (χ3n) is 10.4. The monoisotopic (exact) mass is 414 g/mol. The number of Topliss-reactive ketones (excluding diaryl/α,β-unsaturated/α-hetero) is 1. The average Bonchev–Trinajstić information content (AvgIpc) is 3.05. The zero-order chi connectivity index (χ0) is 21.7. The van der Waals surface area contributed by atoms with Gasteiger partial charge in [-0.1, -0.05) is 52.2 Å². The van der Waals surface area contributed by atoms with E-state index in [9.17, 15) is 9.59 Å². The molecule has 4 rings (SSSR count). The lowest BCUT2D eigenvalue weighted by Gasteiger charge is -2.57. The number of hydrogen-bond acceptors (Lipinski definition) is 2. The number of ketones is 1. The smallest absolute Gasteiger partial charge is 0.306 e. The molecule has 3 saturated carbocycles. The van der Waals surface area contributed by atoms with Crippen LogP contribution in [0.3, 0.4) is 0 Å². The van der Waals surface area contributed by atoms with Gasteiger partial charge < -0.3 is 5.11 Å². The largest absolute Gasteiger partial charge is 0.481 e. The topological polar surface area (TPSA) is 54.4 Å². The van der Waals surface area contributed by atoms with Crippen molar-refractivity contribution in [2.45, 2.75) is 98.3 Å². The molecule has 0 heterocycles. The molecule has 4 aliphatic carbocycles. The third kappa shape index (κ3) is 3.58. The Morgan fingerprint density at radius 3 is 2.57 bits per heavy atom. The van der Waals surface area contributed by atoms with Gasteiger partial charge in [0.2, 0.25) is 0 Å². The number of carboxylic acid groups (broad SMARTS) is 1. The van der Waals surface area contributed by atoms with Gasteiger partial charge in [0.15, 0.2) is 0 Å². The van der Waals surface area contributed by atoms with Gasteiger partial charge in [-0.2, -0.15) is 0 Å². The molecule has 0 aromatic rings. The van der Waals surface area contributed by atoms with Crippen molar-refractivity contribution in [1.82, 2.24) is 0 Å². The van der Waals surface area contributed by atoms with Gasteiger partial charge in [-0.05, 0) is 85.4 Å². The van der Waals surface area contributed by atoms with Crippen molar-refractivity contribution in [1.29, 1.82) is 0 Å². The number of carbonyl (C=O) groups is 2. The number of carbonyl (C=O) groups excluding carboxylic acids is 1. The molecule has 168 valence electrons. The standard InChI is InChI=1S/C27H42O3/c1-17(6-5-7-18(2)25(29)30)22-10-11-23-21-9-8-19-16-20(28)12-14-26(19,3)24(21)13-15-27(22,23)4/h9,17-19,22-24H,5-8,10-16H2,1-4H3,(H,29,30)/t17-,18+,19-,22+,23?,24?,26-,27+/m0/s1. The number of rotatable bonds is 6. The highest BCUT2D eigenvalue weighted by Crippen LogP contribution is 2.66. The number of fused-ring (bicyclic) bond motifs is 5. The number of carboxylic acids is 1. The second-order valence-electron chi connectivity index (χ2n) is 11.9. The van der Waals surface area contributed by atoms with E-state index < -0.39 is 5.97 Å². The normalized spacial score (nSPS) is 42.5. The van der Waals surface area contributed by atoms with E-state index in [1.807, 2.05) is 6.92 Å². The third-order valence-corrected chi connectivity index (χ3v) is 10.4. The molecule has 4 aliphatic rings. The first-order valence-corrected chi connectivity index (χ1v) is 12.6. The van der Waals surface area contributed by atoms with Crippen LogP contribution in [0, 0.1) is 46.3 Å². The lowest BCUT2D eigenvalue weighted by molar-refractivity contribution is -0.141. The van der Waals surface area contributed by atoms with Gasteiger partial charge in [0.1, 0.15) is 5.78 Å². The van der Waals surface area contributed by atoms with Crippen molar-refractivity contribution >= 4 is 11.8 Å². The predicted octanol–water partition coefficient (Wildman–Crippen LogP) is 6.66. The predicted molar refractivity (Wildman–Crippen MR) is 120 cm³/mol. The fraction of sp³-hybridized carbons (Fsp3) is 0.852. The fourth-order valence-electron chi connectivity index (χ4n) is 8.35. The Morgan fingerprint density at radius 2 is 1.83 bits per heavy atom. The zero-order valence-corrected chi connectivity index (χ0v) is 19.6. The number of aliphatic carboxylic acids is 1. The van der Waals surface area contributed by atoms with Gasteiger partial charge in [-0.3, -0.25) is 9.59 Å². The van der Waals surface area contributed by atoms with E-state index >= 15 is 0 Å². The highest BCUT2D eigenvalue weighted by molar-refractivity contribution is 5.79. The average molecular weight is 415 g/mol. The van der Waals surface area contributed by atoms with E-state index in [0.29, 0.717) is 34.4 Å². The Balaban J connectivity index is 1.46. The summed E-state index contributed by atoms with van der Waals surface area (Å²) in [6, 6.07) is 0. The van der Waals surface area contributed by atoms with Gasteiger partial charge >= 0.3 is 5.97 Å². The van der Waals surface area contributed by atoms with E-state index in [-0.39, 0.29) is 5.92 Å². The van der Waals surface area contributed by atoms with E-state index in [4.69, 9.17) is 5.11 Å². The Hall–Kier alpha value is -1.12. The van der Waals surface area contributed by atoms with Crippen LogP contribution in [0.1, 0.15) is 98.3 Å². The maximum absolute atomic E-state index is 12.1. The van der Waals surface area contributed by atoms with Crippen molar-refractivity contribution in [3.8, 4) is 0 Å². The van der Waals surface area contributed by atoms with Crippen LogP contribution in [0.4, 0.5) is 0 Å². The highest BCUT2D eigenvalue weighted by Gasteiger charge is 2.58. The van der Waals surface area contributed by atoms with E-state index in [1.54, 1.807) is 5.57 Å². The lowest BCUT2D eigenvalue weighted by Crippen LogP contribution is -2.49. The van der Waals surface area contributed by atoms with Crippen LogP contribution in [-0.4, -0.2) is 16.9 Å². The van der Waals surface area contributed by atoms with Gasteiger partial charge in [-0.15, -0.1) is 0 Å². The molecule has 30 heavy (non-hydrogen) atoms. The van der Waals surface area contributed by atoms with E-state index in [0.717, 1.165) is 56.8 Å². The van der Waals surface area contributed by atoms with Crippen molar-refractivity contribution in [2.75, 3.05) is 0 Å². The minimum absolute atomic E-state index is 0.219. The molecule has 0 aromatic carbocycles. The molecular weight excluding hydrogens is 372 g/mol. The second-order valence-corrected chi connectivity index (χ2v) is 11.9. The Bertz CT molecular complexity index is 724. The number of hydrogen-bond donors (Lipinski definition) is 1. The van der Waals surface area contributed by atoms with Crippen molar-refractivity contribution in [3.63, 3.8) is 0 Å². The van der Waals surface area contributed by atoms with Gasteiger partial charge in [0.25, 0.3) is 0 Å². The molecule has 0 amide bonds. The summed E-state index contributed by atoms with van der Waals surface area (Å²) in [5.41, 5.74) is 2.52. The zero-order valence-electron chi connectivity index (χ0n) is 19.6. The SMILES string of the molecule is C[C@H](CCC[C@H](C)[C@H]1CCC2C3=CC[C@H]4CC(=O)CC[C@]4(C)C3CC[C@@]21C)C(=O)O. The van der Waals surface area contributed by atoms with Crippen molar-refractivity contribution < 1.29 is 14.7 Å².